The SMILES string of the molecule is CCCC(CS)(CCC)CN1CCCC(C)(O)C1. The zero-order valence-electron chi connectivity index (χ0n) is 12.4. The van der Waals surface area contributed by atoms with Crippen LogP contribution in [0, 0.1) is 5.41 Å². The van der Waals surface area contributed by atoms with Gasteiger partial charge in [0.25, 0.3) is 0 Å². The molecule has 18 heavy (non-hydrogen) atoms. The van der Waals surface area contributed by atoms with Crippen LogP contribution in [0.4, 0.5) is 0 Å². The molecule has 0 spiro atoms. The van der Waals surface area contributed by atoms with Crippen molar-refractivity contribution in [2.24, 2.45) is 5.41 Å². The van der Waals surface area contributed by atoms with E-state index < -0.39 is 5.60 Å². The minimum Gasteiger partial charge on any atom is -0.389 e. The van der Waals surface area contributed by atoms with E-state index in [4.69, 9.17) is 0 Å². The molecule has 0 aromatic carbocycles. The number of likely N-dealkylation sites (tertiary alicyclic amines) is 1. The summed E-state index contributed by atoms with van der Waals surface area (Å²) in [7, 11) is 0. The number of nitrogens with zero attached hydrogens (tertiary/aromatic N) is 1. The average Bonchev–Trinajstić information content (AvgIpc) is 2.28. The van der Waals surface area contributed by atoms with Crippen LogP contribution in [-0.4, -0.2) is 41.0 Å². The predicted molar refractivity (Wildman–Crippen MR) is 82.4 cm³/mol. The van der Waals surface area contributed by atoms with Gasteiger partial charge in [0, 0.05) is 13.1 Å². The van der Waals surface area contributed by atoms with Gasteiger partial charge >= 0.3 is 0 Å². The van der Waals surface area contributed by atoms with Gasteiger partial charge in [-0.3, -0.25) is 4.90 Å². The van der Waals surface area contributed by atoms with Gasteiger partial charge in [-0.25, -0.2) is 0 Å². The van der Waals surface area contributed by atoms with Crippen molar-refractivity contribution in [1.82, 2.24) is 4.90 Å². The Morgan fingerprint density at radius 3 is 2.33 bits per heavy atom. The molecule has 1 saturated heterocycles. The number of hydrogen-bond donors (Lipinski definition) is 2. The van der Waals surface area contributed by atoms with Gasteiger partial charge in [0.2, 0.25) is 0 Å². The number of aliphatic hydroxyl groups is 1. The topological polar surface area (TPSA) is 23.5 Å². The Hall–Kier alpha value is 0.270. The fourth-order valence-corrected chi connectivity index (χ4v) is 3.90. The summed E-state index contributed by atoms with van der Waals surface area (Å²) in [5.74, 6) is 0.966. The normalized spacial score (nSPS) is 26.5. The van der Waals surface area contributed by atoms with Gasteiger partial charge in [-0.05, 0) is 50.3 Å². The van der Waals surface area contributed by atoms with Gasteiger partial charge in [0.15, 0.2) is 0 Å². The van der Waals surface area contributed by atoms with Crippen molar-refractivity contribution in [1.29, 1.82) is 0 Å². The third-order valence-electron chi connectivity index (χ3n) is 4.21. The van der Waals surface area contributed by atoms with Gasteiger partial charge in [-0.1, -0.05) is 26.7 Å². The summed E-state index contributed by atoms with van der Waals surface area (Å²) in [6, 6.07) is 0. The van der Waals surface area contributed by atoms with E-state index in [1.165, 1.54) is 25.7 Å². The largest absolute Gasteiger partial charge is 0.389 e. The number of β-amino-alcohol motifs (C(OH)–C–C–N with tert-alkyl or cyclic N) is 1. The zero-order valence-corrected chi connectivity index (χ0v) is 13.3. The van der Waals surface area contributed by atoms with Gasteiger partial charge in [-0.2, -0.15) is 12.6 Å². The maximum absolute atomic E-state index is 10.2. The van der Waals surface area contributed by atoms with Crippen LogP contribution in [0.3, 0.4) is 0 Å². The summed E-state index contributed by atoms with van der Waals surface area (Å²) < 4.78 is 0. The van der Waals surface area contributed by atoms with E-state index in [0.29, 0.717) is 5.41 Å². The maximum Gasteiger partial charge on any atom is 0.0746 e. The summed E-state index contributed by atoms with van der Waals surface area (Å²) in [5.41, 5.74) is -0.140. The molecule has 0 aromatic heterocycles. The highest BCUT2D eigenvalue weighted by molar-refractivity contribution is 7.80. The number of piperidine rings is 1. The van der Waals surface area contributed by atoms with Crippen LogP contribution >= 0.6 is 12.6 Å². The van der Waals surface area contributed by atoms with Crippen LogP contribution in [0.2, 0.25) is 0 Å². The molecule has 1 aliphatic rings. The van der Waals surface area contributed by atoms with E-state index in [9.17, 15) is 5.11 Å². The number of hydrogen-bond acceptors (Lipinski definition) is 3. The van der Waals surface area contributed by atoms with E-state index in [0.717, 1.165) is 38.2 Å². The molecule has 0 aromatic rings. The smallest absolute Gasteiger partial charge is 0.0746 e. The van der Waals surface area contributed by atoms with Crippen molar-refractivity contribution >= 4 is 12.6 Å². The minimum absolute atomic E-state index is 0.347. The first kappa shape index (κ1) is 16.3. The molecule has 1 rings (SSSR count). The highest BCUT2D eigenvalue weighted by Gasteiger charge is 2.34. The second-order valence-corrected chi connectivity index (χ2v) is 6.79. The summed E-state index contributed by atoms with van der Waals surface area (Å²) in [6.07, 6.45) is 7.02. The Balaban J connectivity index is 2.64. The van der Waals surface area contributed by atoms with Crippen LogP contribution in [-0.2, 0) is 0 Å². The standard InChI is InChI=1S/C15H31NOS/c1-4-7-15(13-18,8-5-2)12-16-10-6-9-14(3,17)11-16/h17-18H,4-13H2,1-3H3. The Bertz CT molecular complexity index is 237. The van der Waals surface area contributed by atoms with Crippen LogP contribution < -0.4 is 0 Å². The van der Waals surface area contributed by atoms with Gasteiger partial charge < -0.3 is 5.11 Å². The first-order valence-electron chi connectivity index (χ1n) is 7.52. The summed E-state index contributed by atoms with van der Waals surface area (Å²) >= 11 is 4.62. The molecule has 108 valence electrons. The van der Waals surface area contributed by atoms with Gasteiger partial charge in [0.05, 0.1) is 5.60 Å². The molecule has 1 unspecified atom stereocenters. The predicted octanol–water partition coefficient (Wildman–Crippen LogP) is 3.35. The molecule has 0 bridgehead atoms. The molecule has 1 N–H and O–H groups in total. The van der Waals surface area contributed by atoms with Gasteiger partial charge in [0.1, 0.15) is 0 Å². The lowest BCUT2D eigenvalue weighted by Gasteiger charge is -2.43. The molecular formula is C15H31NOS. The Kier molecular flexibility index (Phi) is 6.49. The first-order chi connectivity index (χ1) is 8.47. The molecule has 0 radical (unpaired) electrons. The zero-order chi connectivity index (χ0) is 13.6. The molecule has 0 aliphatic carbocycles. The third-order valence-corrected chi connectivity index (χ3v) is 4.88. The summed E-state index contributed by atoms with van der Waals surface area (Å²) in [5, 5.41) is 10.2. The quantitative estimate of drug-likeness (QED) is 0.695. The molecule has 1 atom stereocenters. The van der Waals surface area contributed by atoms with E-state index in [1.54, 1.807) is 0 Å². The van der Waals surface area contributed by atoms with Crippen molar-refractivity contribution in [3.8, 4) is 0 Å². The number of thiol groups is 1. The average molecular weight is 273 g/mol. The molecule has 1 heterocycles. The highest BCUT2D eigenvalue weighted by Crippen LogP contribution is 2.34. The fourth-order valence-electron chi connectivity index (χ4n) is 3.48. The first-order valence-corrected chi connectivity index (χ1v) is 8.16. The van der Waals surface area contributed by atoms with Crippen molar-refractivity contribution < 1.29 is 5.11 Å². The Morgan fingerprint density at radius 1 is 1.28 bits per heavy atom. The maximum atomic E-state index is 10.2. The second-order valence-electron chi connectivity index (χ2n) is 6.47. The van der Waals surface area contributed by atoms with Crippen LogP contribution in [0.25, 0.3) is 0 Å². The lowest BCUT2D eigenvalue weighted by Crippen LogP contribution is -2.50. The molecule has 3 heteroatoms. The van der Waals surface area contributed by atoms with Gasteiger partial charge in [-0.15, -0.1) is 0 Å². The van der Waals surface area contributed by atoms with E-state index in [-0.39, 0.29) is 0 Å². The molecule has 1 fully saturated rings. The second kappa shape index (κ2) is 7.16. The van der Waals surface area contributed by atoms with Crippen molar-refractivity contribution in [3.63, 3.8) is 0 Å². The fraction of sp³-hybridized carbons (Fsp3) is 1.00. The summed E-state index contributed by atoms with van der Waals surface area (Å²) in [6.45, 7) is 9.57. The Labute approximate surface area is 119 Å². The number of rotatable bonds is 7. The monoisotopic (exact) mass is 273 g/mol. The third kappa shape index (κ3) is 4.75. The molecular weight excluding hydrogens is 242 g/mol. The van der Waals surface area contributed by atoms with E-state index >= 15 is 0 Å². The van der Waals surface area contributed by atoms with Crippen LogP contribution in [0.1, 0.15) is 59.3 Å². The highest BCUT2D eigenvalue weighted by atomic mass is 32.1. The molecule has 0 saturated carbocycles. The molecule has 2 nitrogen and oxygen atoms in total. The molecule has 0 amide bonds. The van der Waals surface area contributed by atoms with Crippen LogP contribution in [0.15, 0.2) is 0 Å². The van der Waals surface area contributed by atoms with E-state index in [1.807, 2.05) is 6.92 Å². The van der Waals surface area contributed by atoms with Crippen molar-refractivity contribution in [2.75, 3.05) is 25.4 Å². The Morgan fingerprint density at radius 2 is 1.89 bits per heavy atom. The van der Waals surface area contributed by atoms with E-state index in [2.05, 4.69) is 31.4 Å². The molecule has 1 aliphatic heterocycles. The lowest BCUT2D eigenvalue weighted by molar-refractivity contribution is -0.0282. The summed E-state index contributed by atoms with van der Waals surface area (Å²) in [4.78, 5) is 2.46. The van der Waals surface area contributed by atoms with Crippen molar-refractivity contribution in [2.45, 2.75) is 64.9 Å². The minimum atomic E-state index is -0.487. The van der Waals surface area contributed by atoms with Crippen molar-refractivity contribution in [3.05, 3.63) is 0 Å². The van der Waals surface area contributed by atoms with Crippen LogP contribution in [0.5, 0.6) is 0 Å². The lowest BCUT2D eigenvalue weighted by atomic mass is 9.79.